The molecule has 0 radical (unpaired) electrons. The zero-order valence-electron chi connectivity index (χ0n) is 12.8. The Bertz CT molecular complexity index is 965. The number of rotatable bonds is 5. The third-order valence-corrected chi connectivity index (χ3v) is 4.41. The fourth-order valence-corrected chi connectivity index (χ4v) is 3.15. The molecule has 0 fully saturated rings. The van der Waals surface area contributed by atoms with Crippen LogP contribution in [0.2, 0.25) is 5.02 Å². The van der Waals surface area contributed by atoms with Gasteiger partial charge in [-0.3, -0.25) is 4.98 Å². The summed E-state index contributed by atoms with van der Waals surface area (Å²) in [6.07, 6.45) is 1.73. The van der Waals surface area contributed by atoms with Crippen LogP contribution < -0.4 is 9.46 Å². The summed E-state index contributed by atoms with van der Waals surface area (Å²) >= 11 is 6.41. The molecule has 0 atom stereocenters. The van der Waals surface area contributed by atoms with Crippen LogP contribution in [0, 0.1) is 0 Å². The monoisotopic (exact) mass is 362 g/mol. The highest BCUT2D eigenvalue weighted by molar-refractivity contribution is 7.70. The van der Waals surface area contributed by atoms with Crippen LogP contribution in [0.5, 0.6) is 5.75 Å². The van der Waals surface area contributed by atoms with E-state index in [1.54, 1.807) is 19.4 Å². The van der Waals surface area contributed by atoms with Crippen LogP contribution >= 0.6 is 11.6 Å². The van der Waals surface area contributed by atoms with Crippen LogP contribution in [0.4, 0.5) is 0 Å². The fourth-order valence-electron chi connectivity index (χ4n) is 2.53. The van der Waals surface area contributed by atoms with Gasteiger partial charge >= 0.3 is 0 Å². The molecule has 2 aromatic carbocycles. The minimum atomic E-state index is -2.63. The zero-order valence-corrected chi connectivity index (χ0v) is 14.5. The average molecular weight is 363 g/mol. The summed E-state index contributed by atoms with van der Waals surface area (Å²) in [6, 6.07) is 13.1. The molecule has 3 aromatic rings. The number of benzene rings is 2. The lowest BCUT2D eigenvalue weighted by atomic mass is 10.00. The van der Waals surface area contributed by atoms with E-state index in [0.717, 1.165) is 33.3 Å². The number of aromatic nitrogens is 1. The molecule has 0 amide bonds. The Morgan fingerprint density at radius 1 is 1.12 bits per heavy atom. The van der Waals surface area contributed by atoms with Gasteiger partial charge in [-0.05, 0) is 35.4 Å². The van der Waals surface area contributed by atoms with E-state index in [1.807, 2.05) is 36.4 Å². The maximum Gasteiger partial charge on any atom is 0.201 e. The fraction of sp³-hybridized carbons (Fsp3) is 0.118. The summed E-state index contributed by atoms with van der Waals surface area (Å²) in [7, 11) is -1.01. The van der Waals surface area contributed by atoms with Crippen molar-refractivity contribution >= 4 is 33.4 Å². The first-order valence-electron chi connectivity index (χ1n) is 7.18. The molecular formula is C17H15ClN2O3S. The van der Waals surface area contributed by atoms with Gasteiger partial charge in [0.15, 0.2) is 0 Å². The Kier molecular flexibility index (Phi) is 4.99. The lowest BCUT2D eigenvalue weighted by Gasteiger charge is -2.10. The molecule has 0 aliphatic rings. The highest BCUT2D eigenvalue weighted by Gasteiger charge is 2.10. The first-order valence-corrected chi connectivity index (χ1v) is 8.73. The number of pyridine rings is 1. The van der Waals surface area contributed by atoms with Crippen molar-refractivity contribution in [2.75, 3.05) is 7.11 Å². The van der Waals surface area contributed by atoms with Crippen molar-refractivity contribution in [1.29, 1.82) is 0 Å². The molecule has 0 saturated carbocycles. The molecule has 1 N–H and O–H groups in total. The van der Waals surface area contributed by atoms with Gasteiger partial charge in [-0.1, -0.05) is 23.7 Å². The van der Waals surface area contributed by atoms with Crippen LogP contribution in [0.1, 0.15) is 5.56 Å². The smallest absolute Gasteiger partial charge is 0.201 e. The third-order valence-electron chi connectivity index (χ3n) is 3.69. The van der Waals surface area contributed by atoms with Crippen LogP contribution in [0.15, 0.2) is 48.7 Å². The first-order chi connectivity index (χ1) is 11.6. The maximum atomic E-state index is 10.6. The summed E-state index contributed by atoms with van der Waals surface area (Å²) in [4.78, 5) is 4.37. The van der Waals surface area contributed by atoms with Gasteiger partial charge in [0.1, 0.15) is 5.75 Å². The molecule has 0 saturated heterocycles. The normalized spacial score (nSPS) is 11.1. The lowest BCUT2D eigenvalue weighted by molar-refractivity contribution is 0.415. The Balaban J connectivity index is 2.04. The number of halogens is 1. The number of ether oxygens (including phenoxy) is 1. The van der Waals surface area contributed by atoms with Gasteiger partial charge in [0.2, 0.25) is 10.9 Å². The van der Waals surface area contributed by atoms with E-state index >= 15 is 0 Å². The van der Waals surface area contributed by atoms with Crippen LogP contribution in [-0.2, 0) is 17.4 Å². The zero-order chi connectivity index (χ0) is 17.1. The average Bonchev–Trinajstić information content (AvgIpc) is 2.59. The molecule has 24 heavy (non-hydrogen) atoms. The minimum Gasteiger partial charge on any atom is -0.497 e. The van der Waals surface area contributed by atoms with Gasteiger partial charge in [0, 0.05) is 34.8 Å². The van der Waals surface area contributed by atoms with E-state index in [2.05, 4.69) is 9.71 Å². The lowest BCUT2D eigenvalue weighted by Crippen LogP contribution is -2.10. The molecule has 5 nitrogen and oxygen atoms in total. The van der Waals surface area contributed by atoms with E-state index in [0.29, 0.717) is 5.02 Å². The number of nitrogens with one attached hydrogen (secondary N) is 1. The Hall–Kier alpha value is -2.15. The summed E-state index contributed by atoms with van der Waals surface area (Å²) < 4.78 is 28.8. The van der Waals surface area contributed by atoms with E-state index in [-0.39, 0.29) is 6.54 Å². The molecule has 1 heterocycles. The second-order valence-electron chi connectivity index (χ2n) is 5.15. The molecule has 0 unspecified atom stereocenters. The Labute approximate surface area is 146 Å². The maximum absolute atomic E-state index is 10.6. The first kappa shape index (κ1) is 16.7. The molecule has 0 aliphatic carbocycles. The molecule has 3 rings (SSSR count). The van der Waals surface area contributed by atoms with Gasteiger partial charge in [0.05, 0.1) is 12.6 Å². The van der Waals surface area contributed by atoms with E-state index < -0.39 is 10.9 Å². The van der Waals surface area contributed by atoms with E-state index in [9.17, 15) is 8.42 Å². The summed E-state index contributed by atoms with van der Waals surface area (Å²) in [5.74, 6) is 0.742. The van der Waals surface area contributed by atoms with Gasteiger partial charge in [-0.2, -0.15) is 0 Å². The van der Waals surface area contributed by atoms with Crippen molar-refractivity contribution in [3.8, 4) is 16.9 Å². The minimum absolute atomic E-state index is 0.215. The van der Waals surface area contributed by atoms with Gasteiger partial charge < -0.3 is 4.74 Å². The molecule has 0 spiro atoms. The van der Waals surface area contributed by atoms with Crippen molar-refractivity contribution < 1.29 is 13.2 Å². The summed E-state index contributed by atoms with van der Waals surface area (Å²) in [5.41, 5.74) is 3.44. The number of hydrogen-bond acceptors (Lipinski definition) is 4. The van der Waals surface area contributed by atoms with Crippen molar-refractivity contribution in [2.24, 2.45) is 0 Å². The Morgan fingerprint density at radius 3 is 2.67 bits per heavy atom. The Morgan fingerprint density at radius 2 is 1.96 bits per heavy atom. The van der Waals surface area contributed by atoms with Crippen LogP contribution in [0.3, 0.4) is 0 Å². The molecular weight excluding hydrogens is 348 g/mol. The van der Waals surface area contributed by atoms with Gasteiger partial charge in [-0.15, -0.1) is 0 Å². The van der Waals surface area contributed by atoms with E-state index in [4.69, 9.17) is 16.3 Å². The molecule has 0 bridgehead atoms. The largest absolute Gasteiger partial charge is 0.497 e. The standard InChI is InChI=1S/C17H15ClN2O3S/c1-23-12-3-5-15-13(6-7-19-17(15)9-12)14-4-2-11(8-16(14)18)10-20-24(21)22/h2-9,24H,10H2,1H3,(H,20,21,22). The number of fused-ring (bicyclic) bond motifs is 1. The number of hydrogen-bond donors (Lipinski definition) is 2. The predicted octanol–water partition coefficient (Wildman–Crippen LogP) is 3.18. The topological polar surface area (TPSA) is 68.3 Å². The quantitative estimate of drug-likeness (QED) is 0.684. The third kappa shape index (κ3) is 3.51. The molecule has 0 aliphatic heterocycles. The molecule has 1 aromatic heterocycles. The van der Waals surface area contributed by atoms with Crippen LogP contribution in [0.25, 0.3) is 22.0 Å². The van der Waals surface area contributed by atoms with Crippen molar-refractivity contribution in [3.63, 3.8) is 0 Å². The highest BCUT2D eigenvalue weighted by Crippen LogP contribution is 2.34. The second kappa shape index (κ2) is 7.17. The molecule has 124 valence electrons. The van der Waals surface area contributed by atoms with Crippen molar-refractivity contribution in [2.45, 2.75) is 6.54 Å². The van der Waals surface area contributed by atoms with Gasteiger partial charge in [-0.25, -0.2) is 13.1 Å². The second-order valence-corrected chi connectivity index (χ2v) is 6.39. The SMILES string of the molecule is COc1ccc2c(-c3ccc(CN[SH](=O)=O)cc3Cl)ccnc2c1. The number of methoxy groups -OCH3 is 1. The summed E-state index contributed by atoms with van der Waals surface area (Å²) in [6.45, 7) is 0.215. The number of nitrogens with zero attached hydrogens (tertiary/aromatic N) is 1. The summed E-state index contributed by atoms with van der Waals surface area (Å²) in [5, 5.41) is 1.52. The predicted molar refractivity (Wildman–Crippen MR) is 95.9 cm³/mol. The van der Waals surface area contributed by atoms with E-state index in [1.165, 1.54) is 0 Å². The van der Waals surface area contributed by atoms with Crippen molar-refractivity contribution in [3.05, 3.63) is 59.2 Å². The van der Waals surface area contributed by atoms with Crippen molar-refractivity contribution in [1.82, 2.24) is 9.71 Å². The molecule has 7 heteroatoms. The van der Waals surface area contributed by atoms with Crippen LogP contribution in [-0.4, -0.2) is 20.5 Å². The van der Waals surface area contributed by atoms with Gasteiger partial charge in [0.25, 0.3) is 0 Å². The highest BCUT2D eigenvalue weighted by atomic mass is 35.5. The number of thiol groups is 1.